The molecule has 0 aliphatic carbocycles. The van der Waals surface area contributed by atoms with E-state index in [0.29, 0.717) is 12.8 Å². The van der Waals surface area contributed by atoms with Crippen LogP contribution in [0.15, 0.2) is 60.8 Å². The first kappa shape index (κ1) is 55.2. The minimum Gasteiger partial charge on any atom is -0.480 e. The van der Waals surface area contributed by atoms with Gasteiger partial charge in [0, 0.05) is 12.8 Å². The van der Waals surface area contributed by atoms with E-state index in [0.717, 1.165) is 57.8 Å². The molecule has 0 aliphatic rings. The van der Waals surface area contributed by atoms with Crippen LogP contribution in [-0.4, -0.2) is 59.9 Å². The summed E-state index contributed by atoms with van der Waals surface area (Å²) in [5, 5.41) is 8.89. The number of carboxylic acid groups (broad SMARTS) is 1. The second-order valence-electron chi connectivity index (χ2n) is 14.8. The van der Waals surface area contributed by atoms with Crippen LogP contribution < -0.4 is 5.73 Å². The molecule has 11 nitrogen and oxygen atoms in total. The molecule has 1 unspecified atom stereocenters. The quantitative estimate of drug-likeness (QED) is 0.0231. The number of unbranched alkanes of at least 4 members (excludes halogenated alkanes) is 17. The summed E-state index contributed by atoms with van der Waals surface area (Å²) in [7, 11) is -4.73. The van der Waals surface area contributed by atoms with Gasteiger partial charge < -0.3 is 25.2 Å². The van der Waals surface area contributed by atoms with Crippen LogP contribution in [0.2, 0.25) is 0 Å². The SMILES string of the molecule is CC/C=C\C/C=C\C/C=C\C/C=C\CCCCC(=O)O[C@H](COC(=O)CCCCCCCCCCC/C=C\CCCCCCCC)COP(=O)(O)OC[C@H](N)C(=O)O. The third kappa shape index (κ3) is 40.0. The van der Waals surface area contributed by atoms with E-state index >= 15 is 0 Å². The van der Waals surface area contributed by atoms with Crippen LogP contribution in [0.5, 0.6) is 0 Å². The van der Waals surface area contributed by atoms with Crippen molar-refractivity contribution in [1.29, 1.82) is 0 Å². The molecule has 0 spiro atoms. The zero-order valence-electron chi connectivity index (χ0n) is 36.1. The maximum Gasteiger partial charge on any atom is 0.472 e. The van der Waals surface area contributed by atoms with Crippen molar-refractivity contribution in [3.05, 3.63) is 60.8 Å². The molecular weight excluding hydrogens is 757 g/mol. The summed E-state index contributed by atoms with van der Waals surface area (Å²) in [5.41, 5.74) is 5.33. The number of carbonyl (C=O) groups excluding carboxylic acids is 2. The number of rotatable bonds is 41. The van der Waals surface area contributed by atoms with Gasteiger partial charge in [-0.1, -0.05) is 152 Å². The lowest BCUT2D eigenvalue weighted by Gasteiger charge is -2.20. The molecule has 0 aromatic heterocycles. The van der Waals surface area contributed by atoms with E-state index in [-0.39, 0.29) is 19.4 Å². The second kappa shape index (κ2) is 40.9. The van der Waals surface area contributed by atoms with Crippen molar-refractivity contribution in [2.75, 3.05) is 19.8 Å². The van der Waals surface area contributed by atoms with Crippen LogP contribution in [0.3, 0.4) is 0 Å². The molecule has 0 fully saturated rings. The van der Waals surface area contributed by atoms with E-state index in [9.17, 15) is 23.8 Å². The highest BCUT2D eigenvalue weighted by Gasteiger charge is 2.28. The van der Waals surface area contributed by atoms with E-state index < -0.39 is 51.1 Å². The predicted octanol–water partition coefficient (Wildman–Crippen LogP) is 12.0. The van der Waals surface area contributed by atoms with Gasteiger partial charge in [0.25, 0.3) is 0 Å². The van der Waals surface area contributed by atoms with Crippen molar-refractivity contribution < 1.29 is 47.5 Å². The van der Waals surface area contributed by atoms with Gasteiger partial charge in [0.1, 0.15) is 12.6 Å². The van der Waals surface area contributed by atoms with Gasteiger partial charge in [-0.3, -0.25) is 23.4 Å². The summed E-state index contributed by atoms with van der Waals surface area (Å²) in [6.45, 7) is 2.64. The van der Waals surface area contributed by atoms with Gasteiger partial charge >= 0.3 is 25.7 Å². The van der Waals surface area contributed by atoms with Crippen molar-refractivity contribution in [2.24, 2.45) is 5.73 Å². The number of phosphoric ester groups is 1. The molecule has 3 atom stereocenters. The van der Waals surface area contributed by atoms with Gasteiger partial charge in [0.2, 0.25) is 0 Å². The van der Waals surface area contributed by atoms with E-state index in [2.05, 4.69) is 79.1 Å². The summed E-state index contributed by atoms with van der Waals surface area (Å²) in [4.78, 5) is 46.0. The Morgan fingerprint density at radius 2 is 0.966 bits per heavy atom. The van der Waals surface area contributed by atoms with Crippen LogP contribution in [0, 0.1) is 0 Å². The van der Waals surface area contributed by atoms with E-state index in [1.165, 1.54) is 83.5 Å². The van der Waals surface area contributed by atoms with Gasteiger partial charge in [-0.15, -0.1) is 0 Å². The molecule has 334 valence electrons. The number of phosphoric acid groups is 1. The van der Waals surface area contributed by atoms with Gasteiger partial charge in [-0.2, -0.15) is 0 Å². The standard InChI is InChI=1S/C46H80NO10P/c1-3-5-7-9-11-13-15-17-19-20-21-22-24-25-27-29-31-33-35-37-44(48)54-39-42(40-55-58(52,53)56-41-43(47)46(50)51)57-45(49)38-36-34-32-30-28-26-23-18-16-14-12-10-8-6-4-2/h6,8,12,14,17-19,23,28,30,42-43H,3-5,7,9-11,13,15-16,20-22,24-27,29,31-41,47H2,1-2H3,(H,50,51)(H,52,53)/b8-6-,14-12-,19-17-,23-18-,30-28-/t42-,43+/m1/s1. The van der Waals surface area contributed by atoms with E-state index in [1.807, 2.05) is 0 Å². The highest BCUT2D eigenvalue weighted by atomic mass is 31.2. The van der Waals surface area contributed by atoms with Crippen molar-refractivity contribution in [2.45, 2.75) is 193 Å². The normalized spacial score (nSPS) is 14.3. The van der Waals surface area contributed by atoms with E-state index in [1.54, 1.807) is 0 Å². The van der Waals surface area contributed by atoms with Crippen LogP contribution in [-0.2, 0) is 37.5 Å². The highest BCUT2D eigenvalue weighted by Crippen LogP contribution is 2.43. The fourth-order valence-corrected chi connectivity index (χ4v) is 6.53. The molecule has 4 N–H and O–H groups in total. The molecule has 0 heterocycles. The number of ether oxygens (including phenoxy) is 2. The molecule has 12 heteroatoms. The van der Waals surface area contributed by atoms with Crippen molar-refractivity contribution >= 4 is 25.7 Å². The molecule has 0 bridgehead atoms. The number of hydrogen-bond acceptors (Lipinski definition) is 9. The zero-order valence-corrected chi connectivity index (χ0v) is 37.0. The maximum absolute atomic E-state index is 12.6. The Morgan fingerprint density at radius 3 is 1.50 bits per heavy atom. The average Bonchev–Trinajstić information content (AvgIpc) is 3.20. The monoisotopic (exact) mass is 838 g/mol. The smallest absolute Gasteiger partial charge is 0.472 e. The Bertz CT molecular complexity index is 1210. The molecule has 0 rings (SSSR count). The van der Waals surface area contributed by atoms with Crippen LogP contribution in [0.25, 0.3) is 0 Å². The topological polar surface area (TPSA) is 172 Å². The van der Waals surface area contributed by atoms with Gasteiger partial charge in [-0.25, -0.2) is 4.57 Å². The fourth-order valence-electron chi connectivity index (χ4n) is 5.76. The number of carboxylic acids is 1. The Balaban J connectivity index is 4.38. The third-order valence-corrected chi connectivity index (χ3v) is 10.2. The largest absolute Gasteiger partial charge is 0.480 e. The van der Waals surface area contributed by atoms with Crippen molar-refractivity contribution in [1.82, 2.24) is 0 Å². The Labute approximate surface area is 351 Å². The average molecular weight is 838 g/mol. The van der Waals surface area contributed by atoms with Gasteiger partial charge in [-0.05, 0) is 77.0 Å². The highest BCUT2D eigenvalue weighted by molar-refractivity contribution is 7.47. The lowest BCUT2D eigenvalue weighted by atomic mass is 10.1. The Hall–Kier alpha value is -2.82. The van der Waals surface area contributed by atoms with Gasteiger partial charge in [0.05, 0.1) is 13.2 Å². The lowest BCUT2D eigenvalue weighted by Crippen LogP contribution is -2.34. The molecule has 0 radical (unpaired) electrons. The van der Waals surface area contributed by atoms with Crippen LogP contribution >= 0.6 is 7.82 Å². The molecule has 0 aliphatic heterocycles. The molecule has 0 saturated heterocycles. The second-order valence-corrected chi connectivity index (χ2v) is 16.2. The van der Waals surface area contributed by atoms with Crippen LogP contribution in [0.1, 0.15) is 181 Å². The summed E-state index contributed by atoms with van der Waals surface area (Å²) in [6.07, 6.45) is 47.2. The molecule has 0 aromatic carbocycles. The zero-order chi connectivity index (χ0) is 42.8. The third-order valence-electron chi connectivity index (χ3n) is 9.25. The number of esters is 2. The van der Waals surface area contributed by atoms with Crippen LogP contribution in [0.4, 0.5) is 0 Å². The summed E-state index contributed by atoms with van der Waals surface area (Å²) < 4.78 is 32.7. The minimum absolute atomic E-state index is 0.107. The molecule has 0 saturated carbocycles. The molecule has 58 heavy (non-hydrogen) atoms. The molecule has 0 aromatic rings. The predicted molar refractivity (Wildman–Crippen MR) is 235 cm³/mol. The first-order chi connectivity index (χ1) is 28.1. The Morgan fingerprint density at radius 1 is 0.552 bits per heavy atom. The fraction of sp³-hybridized carbons (Fsp3) is 0.717. The maximum atomic E-state index is 12.6. The number of hydrogen-bond donors (Lipinski definition) is 3. The summed E-state index contributed by atoms with van der Waals surface area (Å²) in [5.74, 6) is -2.44. The number of allylic oxidation sites excluding steroid dienone is 10. The molecular formula is C46H80NO10P. The first-order valence-corrected chi connectivity index (χ1v) is 23.8. The molecule has 0 amide bonds. The number of nitrogens with two attached hydrogens (primary N) is 1. The summed E-state index contributed by atoms with van der Waals surface area (Å²) in [6, 6.07) is -1.53. The van der Waals surface area contributed by atoms with Crippen molar-refractivity contribution in [3.8, 4) is 0 Å². The summed E-state index contributed by atoms with van der Waals surface area (Å²) >= 11 is 0. The minimum atomic E-state index is -4.73. The number of carbonyl (C=O) groups is 3. The number of aliphatic carboxylic acids is 1. The first-order valence-electron chi connectivity index (χ1n) is 22.3. The van der Waals surface area contributed by atoms with E-state index in [4.69, 9.17) is 24.8 Å². The van der Waals surface area contributed by atoms with Crippen molar-refractivity contribution in [3.63, 3.8) is 0 Å². The Kier molecular flexibility index (Phi) is 38.9. The lowest BCUT2D eigenvalue weighted by molar-refractivity contribution is -0.161. The van der Waals surface area contributed by atoms with Gasteiger partial charge in [0.15, 0.2) is 6.10 Å².